The number of carbonyl (C=O) groups is 3. The Balaban J connectivity index is 1.67. The van der Waals surface area contributed by atoms with Gasteiger partial charge >= 0.3 is 6.09 Å². The lowest BCUT2D eigenvalue weighted by atomic mass is 9.97. The molecule has 4 atom stereocenters. The Morgan fingerprint density at radius 3 is 2.35 bits per heavy atom. The molecule has 2 fully saturated rings. The highest BCUT2D eigenvalue weighted by atomic mass is 32.2. The first-order valence-electron chi connectivity index (χ1n) is 12.3. The summed E-state index contributed by atoms with van der Waals surface area (Å²) in [6.45, 7) is 4.03. The number of amides is 3. The number of ether oxygens (including phenoxy) is 1. The van der Waals surface area contributed by atoms with Crippen LogP contribution in [0, 0.1) is 11.8 Å². The Bertz CT molecular complexity index is 1090. The van der Waals surface area contributed by atoms with Crippen LogP contribution in [0.4, 0.5) is 4.79 Å². The van der Waals surface area contributed by atoms with Crippen LogP contribution in [0.2, 0.25) is 0 Å². The lowest BCUT2D eigenvalue weighted by molar-refractivity contribution is -0.126. The van der Waals surface area contributed by atoms with Gasteiger partial charge in [-0.1, -0.05) is 26.0 Å². The summed E-state index contributed by atoms with van der Waals surface area (Å²) in [5.41, 5.74) is -2.20. The number of benzene rings is 1. The molecule has 2 aliphatic rings. The highest BCUT2D eigenvalue weighted by molar-refractivity contribution is 7.86. The first kappa shape index (κ1) is 28.7. The summed E-state index contributed by atoms with van der Waals surface area (Å²) in [5.74, 6) is -1.70. The van der Waals surface area contributed by atoms with E-state index in [9.17, 15) is 37.6 Å². The maximum Gasteiger partial charge on any atom is 0.408 e. The van der Waals surface area contributed by atoms with Crippen LogP contribution >= 0.6 is 0 Å². The summed E-state index contributed by atoms with van der Waals surface area (Å²) in [5, 5.41) is 27.2. The van der Waals surface area contributed by atoms with E-state index in [-0.39, 0.29) is 30.4 Å². The Hall–Kier alpha value is -2.90. The van der Waals surface area contributed by atoms with Crippen molar-refractivity contribution in [3.05, 3.63) is 29.8 Å². The van der Waals surface area contributed by atoms with Gasteiger partial charge in [0.25, 0.3) is 10.1 Å². The molecule has 1 aliphatic carbocycles. The SMILES string of the molecule is CC(C)C[C@H](NC(=O)OC1(Cc2ccc(O)cc2)CC1)C(=O)N[C@@H](C[C@@H]1CCNC1=O)C(O)S(=O)(=O)O. The van der Waals surface area contributed by atoms with E-state index >= 15 is 0 Å². The molecule has 206 valence electrons. The minimum Gasteiger partial charge on any atom is -0.508 e. The van der Waals surface area contributed by atoms with E-state index < -0.39 is 51.2 Å². The summed E-state index contributed by atoms with van der Waals surface area (Å²) in [4.78, 5) is 37.8. The Kier molecular flexibility index (Phi) is 9.03. The van der Waals surface area contributed by atoms with Crippen molar-refractivity contribution in [3.63, 3.8) is 0 Å². The second-order valence-electron chi connectivity index (χ2n) is 10.3. The van der Waals surface area contributed by atoms with E-state index in [4.69, 9.17) is 4.74 Å². The lowest BCUT2D eigenvalue weighted by Gasteiger charge is -2.28. The van der Waals surface area contributed by atoms with Crippen molar-refractivity contribution >= 4 is 28.0 Å². The van der Waals surface area contributed by atoms with Gasteiger partial charge in [-0.3, -0.25) is 14.1 Å². The molecule has 6 N–H and O–H groups in total. The van der Waals surface area contributed by atoms with Crippen molar-refractivity contribution in [3.8, 4) is 5.75 Å². The van der Waals surface area contributed by atoms with E-state index in [1.807, 2.05) is 13.8 Å². The third kappa shape index (κ3) is 8.30. The Morgan fingerprint density at radius 1 is 1.19 bits per heavy atom. The van der Waals surface area contributed by atoms with Crippen molar-refractivity contribution in [2.45, 2.75) is 75.5 Å². The Morgan fingerprint density at radius 2 is 1.84 bits per heavy atom. The van der Waals surface area contributed by atoms with Gasteiger partial charge in [0.15, 0.2) is 0 Å². The first-order chi connectivity index (χ1) is 17.3. The molecule has 1 aromatic rings. The highest BCUT2D eigenvalue weighted by Gasteiger charge is 2.47. The van der Waals surface area contributed by atoms with Gasteiger partial charge in [0, 0.05) is 18.9 Å². The predicted molar refractivity (Wildman–Crippen MR) is 132 cm³/mol. The van der Waals surface area contributed by atoms with Crippen LogP contribution in [-0.4, -0.2) is 70.8 Å². The minimum atomic E-state index is -4.95. The molecule has 0 aromatic heterocycles. The maximum absolute atomic E-state index is 13.1. The molecule has 3 amide bonds. The number of rotatable bonds is 12. The topological polar surface area (TPSA) is 191 Å². The predicted octanol–water partition coefficient (Wildman–Crippen LogP) is 0.825. The molecule has 1 saturated carbocycles. The van der Waals surface area contributed by atoms with Gasteiger partial charge in [-0.2, -0.15) is 8.42 Å². The molecular formula is C24H35N3O9S. The standard InChI is InChI=1S/C24H35N3O9S/c1-14(2)11-18(27-23(32)36-24(8-9-24)13-15-3-5-17(28)6-4-15)21(30)26-19(22(31)37(33,34)35)12-16-7-10-25-20(16)29/h3-6,14,16,18-19,22,28,31H,7-13H2,1-2H3,(H,25,29)(H,26,30)(H,27,32)(H,33,34,35)/t16-,18-,19-,22?/m0/s1. The van der Waals surface area contributed by atoms with Crippen LogP contribution in [0.3, 0.4) is 0 Å². The maximum atomic E-state index is 13.1. The number of aromatic hydroxyl groups is 1. The molecule has 1 unspecified atom stereocenters. The van der Waals surface area contributed by atoms with Crippen LogP contribution in [0.25, 0.3) is 0 Å². The molecule has 0 spiro atoms. The first-order valence-corrected chi connectivity index (χ1v) is 13.8. The zero-order valence-electron chi connectivity index (χ0n) is 20.8. The number of carbonyl (C=O) groups excluding carboxylic acids is 3. The van der Waals surface area contributed by atoms with Gasteiger partial charge < -0.3 is 30.9 Å². The number of aliphatic hydroxyl groups excluding tert-OH is 1. The second kappa shape index (κ2) is 11.7. The molecule has 12 nitrogen and oxygen atoms in total. The van der Waals surface area contributed by atoms with E-state index in [0.29, 0.717) is 32.2 Å². The van der Waals surface area contributed by atoms with Crippen molar-refractivity contribution in [2.75, 3.05) is 6.54 Å². The van der Waals surface area contributed by atoms with Crippen LogP contribution in [-0.2, 0) is 30.9 Å². The fourth-order valence-corrected chi connectivity index (χ4v) is 5.02. The summed E-state index contributed by atoms with van der Waals surface area (Å²) >= 11 is 0. The molecule has 1 saturated heterocycles. The van der Waals surface area contributed by atoms with Crippen LogP contribution in [0.15, 0.2) is 24.3 Å². The molecule has 1 aromatic carbocycles. The molecule has 37 heavy (non-hydrogen) atoms. The quantitative estimate of drug-likeness (QED) is 0.208. The van der Waals surface area contributed by atoms with E-state index in [2.05, 4.69) is 16.0 Å². The number of hydrogen-bond donors (Lipinski definition) is 6. The number of hydrogen-bond acceptors (Lipinski definition) is 8. The van der Waals surface area contributed by atoms with Crippen molar-refractivity contribution in [2.24, 2.45) is 11.8 Å². The van der Waals surface area contributed by atoms with Crippen molar-refractivity contribution in [1.82, 2.24) is 16.0 Å². The minimum absolute atomic E-state index is 0.0477. The number of nitrogens with one attached hydrogen (secondary N) is 3. The zero-order chi connectivity index (χ0) is 27.4. The molecule has 1 heterocycles. The van der Waals surface area contributed by atoms with Gasteiger partial charge in [-0.15, -0.1) is 0 Å². The van der Waals surface area contributed by atoms with Crippen LogP contribution in [0.1, 0.15) is 51.5 Å². The second-order valence-corrected chi connectivity index (χ2v) is 11.8. The average molecular weight is 542 g/mol. The van der Waals surface area contributed by atoms with E-state index in [0.717, 1.165) is 5.56 Å². The van der Waals surface area contributed by atoms with Crippen molar-refractivity contribution in [1.29, 1.82) is 0 Å². The van der Waals surface area contributed by atoms with Gasteiger partial charge in [-0.05, 0) is 55.7 Å². The van der Waals surface area contributed by atoms with Gasteiger partial charge in [0.05, 0.1) is 6.04 Å². The average Bonchev–Trinajstić information content (AvgIpc) is 3.42. The fourth-order valence-electron chi connectivity index (χ4n) is 4.43. The third-order valence-corrected chi connectivity index (χ3v) is 7.51. The number of phenols is 1. The molecule has 0 bridgehead atoms. The lowest BCUT2D eigenvalue weighted by Crippen LogP contribution is -2.55. The third-order valence-electron chi connectivity index (χ3n) is 6.57. The summed E-state index contributed by atoms with van der Waals surface area (Å²) in [6.07, 6.45) is 1.24. The molecule has 0 radical (unpaired) electrons. The number of aliphatic hydroxyl groups is 1. The molecule has 1 aliphatic heterocycles. The summed E-state index contributed by atoms with van der Waals surface area (Å²) in [6, 6.07) is 3.95. The van der Waals surface area contributed by atoms with E-state index in [1.54, 1.807) is 24.3 Å². The van der Waals surface area contributed by atoms with Crippen LogP contribution < -0.4 is 16.0 Å². The zero-order valence-corrected chi connectivity index (χ0v) is 21.7. The molecule has 3 rings (SSSR count). The normalized spacial score (nSPS) is 21.0. The Labute approximate surface area is 215 Å². The highest BCUT2D eigenvalue weighted by Crippen LogP contribution is 2.42. The number of alkyl carbamates (subject to hydrolysis) is 1. The summed E-state index contributed by atoms with van der Waals surface area (Å²) in [7, 11) is -4.95. The monoisotopic (exact) mass is 541 g/mol. The largest absolute Gasteiger partial charge is 0.508 e. The van der Waals surface area contributed by atoms with E-state index in [1.165, 1.54) is 0 Å². The fraction of sp³-hybridized carbons (Fsp3) is 0.625. The smallest absolute Gasteiger partial charge is 0.408 e. The summed E-state index contributed by atoms with van der Waals surface area (Å²) < 4.78 is 38.3. The van der Waals surface area contributed by atoms with Gasteiger partial charge in [-0.25, -0.2) is 4.79 Å². The van der Waals surface area contributed by atoms with Gasteiger partial charge in [0.1, 0.15) is 17.4 Å². The van der Waals surface area contributed by atoms with Crippen LogP contribution in [0.5, 0.6) is 5.75 Å². The van der Waals surface area contributed by atoms with Gasteiger partial charge in [0.2, 0.25) is 17.3 Å². The molecular weight excluding hydrogens is 506 g/mol. The molecule has 13 heteroatoms. The van der Waals surface area contributed by atoms with Crippen molar-refractivity contribution < 1.29 is 42.3 Å². The number of phenolic OH excluding ortho intramolecular Hbond substituents is 1.